The van der Waals surface area contributed by atoms with Gasteiger partial charge in [-0.3, -0.25) is 0 Å². The first-order chi connectivity index (χ1) is 8.68. The van der Waals surface area contributed by atoms with Crippen molar-refractivity contribution in [3.05, 3.63) is 0 Å². The highest BCUT2D eigenvalue weighted by Gasteiger charge is 2.29. The zero-order valence-electron chi connectivity index (χ0n) is 11.7. The third-order valence-electron chi connectivity index (χ3n) is 4.31. The molecule has 18 heavy (non-hydrogen) atoms. The van der Waals surface area contributed by atoms with Crippen LogP contribution < -0.4 is 5.32 Å². The zero-order chi connectivity index (χ0) is 13.0. The predicted octanol–water partition coefficient (Wildman–Crippen LogP) is 2.39. The van der Waals surface area contributed by atoms with E-state index < -0.39 is 0 Å². The Balaban J connectivity index is 1.79. The van der Waals surface area contributed by atoms with Gasteiger partial charge in [-0.05, 0) is 51.9 Å². The van der Waals surface area contributed by atoms with Gasteiger partial charge in [-0.2, -0.15) is 0 Å². The second-order valence-corrected chi connectivity index (χ2v) is 5.78. The van der Waals surface area contributed by atoms with Crippen LogP contribution in [-0.4, -0.2) is 42.8 Å². The lowest BCUT2D eigenvalue weighted by molar-refractivity contribution is 0.0650. The largest absolute Gasteiger partial charge is 0.381 e. The Morgan fingerprint density at radius 2 is 1.78 bits per heavy atom. The minimum Gasteiger partial charge on any atom is -0.381 e. The molecule has 0 bridgehead atoms. The van der Waals surface area contributed by atoms with Crippen molar-refractivity contribution in [2.24, 2.45) is 5.92 Å². The van der Waals surface area contributed by atoms with Gasteiger partial charge in [-0.1, -0.05) is 0 Å². The molecule has 0 saturated carbocycles. The van der Waals surface area contributed by atoms with Crippen LogP contribution in [0.4, 0.5) is 4.79 Å². The summed E-state index contributed by atoms with van der Waals surface area (Å²) in [7, 11) is 0. The number of carbonyl (C=O) groups is 1. The minimum atomic E-state index is 0.126. The molecule has 0 radical (unpaired) electrons. The molecule has 2 fully saturated rings. The molecule has 2 saturated heterocycles. The van der Waals surface area contributed by atoms with E-state index in [0.717, 1.165) is 45.4 Å². The Labute approximate surface area is 110 Å². The number of nitrogens with one attached hydrogen (secondary N) is 1. The van der Waals surface area contributed by atoms with Crippen molar-refractivity contribution in [3.63, 3.8) is 0 Å². The first-order valence-electron chi connectivity index (χ1n) is 7.32. The third-order valence-corrected chi connectivity index (χ3v) is 4.31. The molecule has 2 unspecified atom stereocenters. The summed E-state index contributed by atoms with van der Waals surface area (Å²) in [5.41, 5.74) is 0. The highest BCUT2D eigenvalue weighted by Crippen LogP contribution is 2.22. The van der Waals surface area contributed by atoms with E-state index in [9.17, 15) is 4.79 Å². The quantitative estimate of drug-likeness (QED) is 0.822. The summed E-state index contributed by atoms with van der Waals surface area (Å²) < 4.78 is 5.33. The van der Waals surface area contributed by atoms with Crippen LogP contribution in [-0.2, 0) is 4.74 Å². The smallest absolute Gasteiger partial charge is 0.317 e. The summed E-state index contributed by atoms with van der Waals surface area (Å²) in [6, 6.07) is 0.882. The van der Waals surface area contributed by atoms with E-state index in [4.69, 9.17) is 4.74 Å². The monoisotopic (exact) mass is 254 g/mol. The average molecular weight is 254 g/mol. The number of nitrogens with zero attached hydrogens (tertiary/aromatic N) is 1. The Hall–Kier alpha value is -0.770. The van der Waals surface area contributed by atoms with Crippen molar-refractivity contribution >= 4 is 6.03 Å². The maximum absolute atomic E-state index is 12.2. The van der Waals surface area contributed by atoms with E-state index in [0.29, 0.717) is 18.0 Å². The summed E-state index contributed by atoms with van der Waals surface area (Å²) in [6.45, 7) is 6.81. The van der Waals surface area contributed by atoms with E-state index in [1.807, 2.05) is 4.90 Å². The second-order valence-electron chi connectivity index (χ2n) is 5.78. The molecule has 2 amide bonds. The first-order valence-corrected chi connectivity index (χ1v) is 7.32. The van der Waals surface area contributed by atoms with Gasteiger partial charge in [0.05, 0.1) is 0 Å². The van der Waals surface area contributed by atoms with Crippen molar-refractivity contribution in [1.29, 1.82) is 0 Å². The molecule has 2 atom stereocenters. The van der Waals surface area contributed by atoms with Crippen LogP contribution in [0.1, 0.15) is 46.0 Å². The number of hydrogen-bond donors (Lipinski definition) is 1. The molecular formula is C14H26N2O2. The number of rotatable bonds is 2. The average Bonchev–Trinajstić information content (AvgIpc) is 2.37. The molecular weight excluding hydrogens is 228 g/mol. The standard InChI is InChI=1S/C14H26N2O2/c1-11-4-3-5-12(2)16(11)14(17)15-10-13-6-8-18-9-7-13/h11-13H,3-10H2,1-2H3,(H,15,17). The predicted molar refractivity (Wildman–Crippen MR) is 71.6 cm³/mol. The molecule has 0 aromatic carbocycles. The number of urea groups is 1. The minimum absolute atomic E-state index is 0.126. The van der Waals surface area contributed by atoms with Crippen LogP contribution in [0.25, 0.3) is 0 Å². The lowest BCUT2D eigenvalue weighted by Gasteiger charge is -2.39. The third kappa shape index (κ3) is 3.37. The lowest BCUT2D eigenvalue weighted by Crippen LogP contribution is -2.52. The number of likely N-dealkylation sites (tertiary alicyclic amines) is 1. The molecule has 4 heteroatoms. The molecule has 2 rings (SSSR count). The van der Waals surface area contributed by atoms with Gasteiger partial charge in [0.1, 0.15) is 0 Å². The van der Waals surface area contributed by atoms with Gasteiger partial charge in [0.25, 0.3) is 0 Å². The number of hydrogen-bond acceptors (Lipinski definition) is 2. The van der Waals surface area contributed by atoms with E-state index in [1.54, 1.807) is 0 Å². The van der Waals surface area contributed by atoms with Gasteiger partial charge in [0.2, 0.25) is 0 Å². The molecule has 104 valence electrons. The van der Waals surface area contributed by atoms with Gasteiger partial charge in [0, 0.05) is 31.8 Å². The second kappa shape index (κ2) is 6.41. The molecule has 0 aromatic heterocycles. The van der Waals surface area contributed by atoms with Crippen molar-refractivity contribution in [3.8, 4) is 0 Å². The summed E-state index contributed by atoms with van der Waals surface area (Å²) in [5, 5.41) is 3.11. The Morgan fingerprint density at radius 3 is 2.39 bits per heavy atom. The molecule has 2 aliphatic rings. The number of amides is 2. The van der Waals surface area contributed by atoms with Gasteiger partial charge < -0.3 is 15.0 Å². The number of carbonyl (C=O) groups excluding carboxylic acids is 1. The SMILES string of the molecule is CC1CCCC(C)N1C(=O)NCC1CCOCC1. The van der Waals surface area contributed by atoms with Crippen molar-refractivity contribution in [2.45, 2.75) is 58.0 Å². The van der Waals surface area contributed by atoms with Crippen LogP contribution in [0.2, 0.25) is 0 Å². The fraction of sp³-hybridized carbons (Fsp3) is 0.929. The molecule has 0 spiro atoms. The van der Waals surface area contributed by atoms with E-state index in [2.05, 4.69) is 19.2 Å². The molecule has 4 nitrogen and oxygen atoms in total. The van der Waals surface area contributed by atoms with Gasteiger partial charge in [-0.15, -0.1) is 0 Å². The summed E-state index contributed by atoms with van der Waals surface area (Å²) >= 11 is 0. The topological polar surface area (TPSA) is 41.6 Å². The van der Waals surface area contributed by atoms with Crippen molar-refractivity contribution in [2.75, 3.05) is 19.8 Å². The van der Waals surface area contributed by atoms with Crippen molar-refractivity contribution in [1.82, 2.24) is 10.2 Å². The van der Waals surface area contributed by atoms with E-state index in [-0.39, 0.29) is 6.03 Å². The van der Waals surface area contributed by atoms with E-state index in [1.165, 1.54) is 6.42 Å². The van der Waals surface area contributed by atoms with Gasteiger partial charge in [0.15, 0.2) is 0 Å². The van der Waals surface area contributed by atoms with Crippen LogP contribution in [0.5, 0.6) is 0 Å². The van der Waals surface area contributed by atoms with Crippen LogP contribution in [0.3, 0.4) is 0 Å². The lowest BCUT2D eigenvalue weighted by atomic mass is 9.98. The first kappa shape index (κ1) is 13.7. The van der Waals surface area contributed by atoms with Gasteiger partial charge >= 0.3 is 6.03 Å². The van der Waals surface area contributed by atoms with E-state index >= 15 is 0 Å². The molecule has 2 heterocycles. The van der Waals surface area contributed by atoms with Crippen molar-refractivity contribution < 1.29 is 9.53 Å². The molecule has 1 N–H and O–H groups in total. The number of ether oxygens (including phenoxy) is 1. The Kier molecular flexibility index (Phi) is 4.87. The van der Waals surface area contributed by atoms with Crippen LogP contribution >= 0.6 is 0 Å². The van der Waals surface area contributed by atoms with Crippen LogP contribution in [0.15, 0.2) is 0 Å². The maximum Gasteiger partial charge on any atom is 0.317 e. The maximum atomic E-state index is 12.2. The molecule has 0 aliphatic carbocycles. The summed E-state index contributed by atoms with van der Waals surface area (Å²) in [6.07, 6.45) is 5.66. The fourth-order valence-electron chi connectivity index (χ4n) is 3.10. The Morgan fingerprint density at radius 1 is 1.17 bits per heavy atom. The number of piperidine rings is 1. The van der Waals surface area contributed by atoms with Crippen LogP contribution in [0, 0.1) is 5.92 Å². The summed E-state index contributed by atoms with van der Waals surface area (Å²) in [5.74, 6) is 0.595. The zero-order valence-corrected chi connectivity index (χ0v) is 11.7. The highest BCUT2D eigenvalue weighted by molar-refractivity contribution is 5.75. The Bertz CT molecular complexity index is 267. The fourth-order valence-corrected chi connectivity index (χ4v) is 3.10. The summed E-state index contributed by atoms with van der Waals surface area (Å²) in [4.78, 5) is 14.3. The molecule has 0 aromatic rings. The normalized spacial score (nSPS) is 30.2. The van der Waals surface area contributed by atoms with Gasteiger partial charge in [-0.25, -0.2) is 4.79 Å². The highest BCUT2D eigenvalue weighted by atomic mass is 16.5. The molecule has 2 aliphatic heterocycles.